The van der Waals surface area contributed by atoms with E-state index in [1.165, 1.54) is 6.33 Å². The monoisotopic (exact) mass is 249 g/mol. The van der Waals surface area contributed by atoms with E-state index in [4.69, 9.17) is 11.5 Å². The first kappa shape index (κ1) is 12.1. The Hall–Kier alpha value is -2.38. The molecule has 1 amide bonds. The fourth-order valence-electron chi connectivity index (χ4n) is 1.71. The molecule has 2 aromatic rings. The number of hydrogen-bond acceptors (Lipinski definition) is 6. The van der Waals surface area contributed by atoms with Gasteiger partial charge in [0.05, 0.1) is 12.9 Å². The largest absolute Gasteiger partial charge is 0.368 e. The predicted octanol–water partition coefficient (Wildman–Crippen LogP) is -0.365. The third kappa shape index (κ3) is 2.17. The molecule has 0 bridgehead atoms. The topological polar surface area (TPSA) is 127 Å². The quantitative estimate of drug-likeness (QED) is 0.678. The number of primary amides is 1. The zero-order valence-electron chi connectivity index (χ0n) is 10.2. The van der Waals surface area contributed by atoms with Gasteiger partial charge in [0.2, 0.25) is 11.9 Å². The Balaban J connectivity index is 2.55. The van der Waals surface area contributed by atoms with Gasteiger partial charge in [-0.05, 0) is 13.8 Å². The first-order valence-electron chi connectivity index (χ1n) is 5.50. The van der Waals surface area contributed by atoms with E-state index in [9.17, 15) is 4.79 Å². The van der Waals surface area contributed by atoms with Crippen molar-refractivity contribution < 1.29 is 4.79 Å². The van der Waals surface area contributed by atoms with Crippen molar-refractivity contribution in [3.8, 4) is 0 Å². The molecule has 5 N–H and O–H groups in total. The molecule has 96 valence electrons. The molecule has 8 heteroatoms. The van der Waals surface area contributed by atoms with Crippen molar-refractivity contribution in [2.24, 2.45) is 5.73 Å². The number of nitrogens with zero attached hydrogens (tertiary/aromatic N) is 4. The molecule has 0 aliphatic rings. The number of nitrogens with two attached hydrogens (primary N) is 2. The summed E-state index contributed by atoms with van der Waals surface area (Å²) < 4.78 is 0. The summed E-state index contributed by atoms with van der Waals surface area (Å²) in [5, 5.41) is 0. The fraction of sp³-hybridized carbons (Fsp3) is 0.400. The number of imidazole rings is 1. The molecule has 0 aromatic carbocycles. The summed E-state index contributed by atoms with van der Waals surface area (Å²) in [6.07, 6.45) is 1.51. The van der Waals surface area contributed by atoms with Crippen LogP contribution >= 0.6 is 0 Å². The van der Waals surface area contributed by atoms with Gasteiger partial charge >= 0.3 is 0 Å². The van der Waals surface area contributed by atoms with E-state index < -0.39 is 5.91 Å². The van der Waals surface area contributed by atoms with Gasteiger partial charge in [-0.15, -0.1) is 0 Å². The van der Waals surface area contributed by atoms with Crippen LogP contribution in [-0.2, 0) is 4.79 Å². The Morgan fingerprint density at radius 2 is 2.22 bits per heavy atom. The lowest BCUT2D eigenvalue weighted by Crippen LogP contribution is -2.39. The molecule has 18 heavy (non-hydrogen) atoms. The van der Waals surface area contributed by atoms with Crippen LogP contribution in [0.15, 0.2) is 6.33 Å². The molecule has 0 radical (unpaired) electrons. The maximum atomic E-state index is 11.1. The van der Waals surface area contributed by atoms with Crippen LogP contribution in [0.5, 0.6) is 0 Å². The summed E-state index contributed by atoms with van der Waals surface area (Å²) in [6, 6.07) is 0.0401. The van der Waals surface area contributed by atoms with Crippen LogP contribution in [-0.4, -0.2) is 38.4 Å². The maximum Gasteiger partial charge on any atom is 0.237 e. The summed E-state index contributed by atoms with van der Waals surface area (Å²) in [4.78, 5) is 28.0. The number of carbonyl (C=O) groups excluding carboxylic acids is 1. The number of anilines is 2. The fourth-order valence-corrected chi connectivity index (χ4v) is 1.71. The summed E-state index contributed by atoms with van der Waals surface area (Å²) in [7, 11) is 0. The average Bonchev–Trinajstić information content (AvgIpc) is 2.71. The van der Waals surface area contributed by atoms with E-state index in [0.29, 0.717) is 17.0 Å². The third-order valence-corrected chi connectivity index (χ3v) is 2.51. The van der Waals surface area contributed by atoms with Crippen molar-refractivity contribution in [1.82, 2.24) is 19.9 Å². The SMILES string of the molecule is CC(C)N(CC(N)=O)c1nc(N)nc2nc[nH]c12. The van der Waals surface area contributed by atoms with Gasteiger partial charge in [0.25, 0.3) is 0 Å². The van der Waals surface area contributed by atoms with E-state index in [-0.39, 0.29) is 18.5 Å². The van der Waals surface area contributed by atoms with Crippen molar-refractivity contribution in [1.29, 1.82) is 0 Å². The van der Waals surface area contributed by atoms with Crippen LogP contribution < -0.4 is 16.4 Å². The molecule has 0 spiro atoms. The van der Waals surface area contributed by atoms with Gasteiger partial charge in [-0.1, -0.05) is 0 Å². The zero-order valence-corrected chi connectivity index (χ0v) is 10.2. The minimum atomic E-state index is -0.437. The molecule has 0 aliphatic carbocycles. The Labute approximate surface area is 103 Å². The highest BCUT2D eigenvalue weighted by molar-refractivity contribution is 5.87. The Bertz CT molecular complexity index is 577. The van der Waals surface area contributed by atoms with E-state index in [0.717, 1.165) is 0 Å². The number of carbonyl (C=O) groups is 1. The number of aromatic nitrogens is 4. The second kappa shape index (κ2) is 4.47. The van der Waals surface area contributed by atoms with Crippen molar-refractivity contribution in [2.75, 3.05) is 17.2 Å². The zero-order chi connectivity index (χ0) is 13.3. The first-order valence-corrected chi connectivity index (χ1v) is 5.50. The molecule has 2 heterocycles. The second-order valence-corrected chi connectivity index (χ2v) is 4.19. The number of fused-ring (bicyclic) bond motifs is 1. The van der Waals surface area contributed by atoms with E-state index >= 15 is 0 Å². The third-order valence-electron chi connectivity index (χ3n) is 2.51. The lowest BCUT2D eigenvalue weighted by Gasteiger charge is -2.26. The van der Waals surface area contributed by atoms with Crippen molar-refractivity contribution in [3.05, 3.63) is 6.33 Å². The van der Waals surface area contributed by atoms with E-state index in [2.05, 4.69) is 19.9 Å². The summed E-state index contributed by atoms with van der Waals surface area (Å²) >= 11 is 0. The smallest absolute Gasteiger partial charge is 0.237 e. The van der Waals surface area contributed by atoms with Crippen LogP contribution in [0.25, 0.3) is 11.2 Å². The van der Waals surface area contributed by atoms with Gasteiger partial charge in [-0.2, -0.15) is 9.97 Å². The standard InChI is InChI=1S/C10H15N7O/c1-5(2)17(3-6(11)18)9-7-8(14-4-13-7)15-10(12)16-9/h4-5H,3H2,1-2H3,(H2,11,18)(H3,12,13,14,15,16). The number of H-pyrrole nitrogens is 1. The van der Waals surface area contributed by atoms with Gasteiger partial charge in [-0.25, -0.2) is 4.98 Å². The van der Waals surface area contributed by atoms with Gasteiger partial charge in [0, 0.05) is 6.04 Å². The normalized spacial score (nSPS) is 11.1. The van der Waals surface area contributed by atoms with Crippen LogP contribution in [0.2, 0.25) is 0 Å². The number of aromatic amines is 1. The molecule has 2 aromatic heterocycles. The minimum absolute atomic E-state index is 0.0401. The highest BCUT2D eigenvalue weighted by Gasteiger charge is 2.19. The van der Waals surface area contributed by atoms with Crippen LogP contribution in [0.3, 0.4) is 0 Å². The van der Waals surface area contributed by atoms with E-state index in [1.807, 2.05) is 13.8 Å². The minimum Gasteiger partial charge on any atom is -0.368 e. The maximum absolute atomic E-state index is 11.1. The molecule has 0 aliphatic heterocycles. The number of rotatable bonds is 4. The lowest BCUT2D eigenvalue weighted by molar-refractivity contribution is -0.116. The predicted molar refractivity (Wildman–Crippen MR) is 67.8 cm³/mol. The molecular formula is C10H15N7O. The molecule has 0 saturated heterocycles. The second-order valence-electron chi connectivity index (χ2n) is 4.19. The van der Waals surface area contributed by atoms with Crippen molar-refractivity contribution in [3.63, 3.8) is 0 Å². The highest BCUT2D eigenvalue weighted by Crippen LogP contribution is 2.23. The molecule has 0 fully saturated rings. The van der Waals surface area contributed by atoms with E-state index in [1.54, 1.807) is 4.90 Å². The molecule has 0 saturated carbocycles. The average molecular weight is 249 g/mol. The Kier molecular flexibility index (Phi) is 3.00. The molecule has 0 atom stereocenters. The van der Waals surface area contributed by atoms with Crippen LogP contribution in [0.1, 0.15) is 13.8 Å². The molecule has 8 nitrogen and oxygen atoms in total. The number of nitrogens with one attached hydrogen (secondary N) is 1. The number of nitrogen functional groups attached to an aromatic ring is 1. The molecular weight excluding hydrogens is 234 g/mol. The Morgan fingerprint density at radius 3 is 2.83 bits per heavy atom. The first-order chi connectivity index (χ1) is 8.49. The summed E-state index contributed by atoms with van der Waals surface area (Å²) in [6.45, 7) is 3.93. The van der Waals surface area contributed by atoms with Gasteiger partial charge in [0.15, 0.2) is 11.5 Å². The van der Waals surface area contributed by atoms with Gasteiger partial charge in [0.1, 0.15) is 5.52 Å². The van der Waals surface area contributed by atoms with Gasteiger partial charge in [-0.3, -0.25) is 4.79 Å². The highest BCUT2D eigenvalue weighted by atomic mass is 16.1. The number of amides is 1. The molecule has 0 unspecified atom stereocenters. The summed E-state index contributed by atoms with van der Waals surface area (Å²) in [5.41, 5.74) is 12.0. The Morgan fingerprint density at radius 1 is 1.50 bits per heavy atom. The summed E-state index contributed by atoms with van der Waals surface area (Å²) in [5.74, 6) is 0.206. The number of hydrogen-bond donors (Lipinski definition) is 3. The van der Waals surface area contributed by atoms with Gasteiger partial charge < -0.3 is 21.4 Å². The van der Waals surface area contributed by atoms with Crippen LogP contribution in [0.4, 0.5) is 11.8 Å². The van der Waals surface area contributed by atoms with Crippen molar-refractivity contribution in [2.45, 2.75) is 19.9 Å². The van der Waals surface area contributed by atoms with Crippen LogP contribution in [0, 0.1) is 0 Å². The van der Waals surface area contributed by atoms with Crippen molar-refractivity contribution >= 4 is 28.8 Å². The molecule has 2 rings (SSSR count). The lowest BCUT2D eigenvalue weighted by atomic mass is 10.3.